The molecule has 0 bridgehead atoms. The SMILES string of the molecule is C1CCc2c(sc3nc(C4CC4)nc(N4CCCC(c5nnc6n5CCC6)C4)c23)C1. The Kier molecular flexibility index (Phi) is 3.96. The van der Waals surface area contributed by atoms with Gasteiger partial charge in [0.25, 0.3) is 0 Å². The molecule has 30 heavy (non-hydrogen) atoms. The third kappa shape index (κ3) is 2.74. The van der Waals surface area contributed by atoms with Gasteiger partial charge in [-0.25, -0.2) is 9.97 Å². The Morgan fingerprint density at radius 3 is 2.70 bits per heavy atom. The first-order valence-corrected chi connectivity index (χ1v) is 12.7. The number of aryl methyl sites for hydroxylation is 3. The minimum atomic E-state index is 0.460. The summed E-state index contributed by atoms with van der Waals surface area (Å²) in [4.78, 5) is 15.7. The summed E-state index contributed by atoms with van der Waals surface area (Å²) in [6.07, 6.45) is 12.3. The van der Waals surface area contributed by atoms with Crippen molar-refractivity contribution in [3.8, 4) is 0 Å². The van der Waals surface area contributed by atoms with Crippen molar-refractivity contribution in [1.82, 2.24) is 24.7 Å². The number of piperidine rings is 1. The maximum Gasteiger partial charge on any atom is 0.141 e. The van der Waals surface area contributed by atoms with Gasteiger partial charge in [0.1, 0.15) is 28.1 Å². The van der Waals surface area contributed by atoms with E-state index in [1.807, 2.05) is 11.3 Å². The van der Waals surface area contributed by atoms with Crippen LogP contribution in [0.15, 0.2) is 0 Å². The van der Waals surface area contributed by atoms with E-state index in [4.69, 9.17) is 9.97 Å². The van der Waals surface area contributed by atoms with Crippen molar-refractivity contribution in [2.45, 2.75) is 82.6 Å². The fourth-order valence-electron chi connectivity index (χ4n) is 5.76. The highest BCUT2D eigenvalue weighted by molar-refractivity contribution is 7.19. The summed E-state index contributed by atoms with van der Waals surface area (Å²) in [7, 11) is 0. The van der Waals surface area contributed by atoms with Crippen LogP contribution in [0, 0.1) is 0 Å². The molecule has 7 heteroatoms. The van der Waals surface area contributed by atoms with Crippen LogP contribution in [0.3, 0.4) is 0 Å². The zero-order chi connectivity index (χ0) is 19.7. The standard InChI is InChI=1S/C23H28N6S/c1-2-7-17-16(6-1)19-22(24-20(14-9-10-14)25-23(19)30-17)28-11-3-5-15(13-28)21-27-26-18-8-4-12-29(18)21/h14-15H,1-13H2. The van der Waals surface area contributed by atoms with Crippen LogP contribution in [-0.4, -0.2) is 37.8 Å². The van der Waals surface area contributed by atoms with Crippen LogP contribution in [0.25, 0.3) is 10.2 Å². The predicted molar refractivity (Wildman–Crippen MR) is 119 cm³/mol. The van der Waals surface area contributed by atoms with Crippen LogP contribution < -0.4 is 4.90 Å². The number of aromatic nitrogens is 5. The van der Waals surface area contributed by atoms with Gasteiger partial charge in [0.05, 0.1) is 5.39 Å². The molecule has 0 N–H and O–H groups in total. The van der Waals surface area contributed by atoms with E-state index in [1.54, 1.807) is 10.4 Å². The molecule has 3 aromatic rings. The molecule has 1 atom stereocenters. The van der Waals surface area contributed by atoms with Crippen molar-refractivity contribution in [2.24, 2.45) is 0 Å². The molecule has 1 unspecified atom stereocenters. The van der Waals surface area contributed by atoms with Crippen LogP contribution >= 0.6 is 11.3 Å². The second kappa shape index (κ2) is 6.74. The van der Waals surface area contributed by atoms with Gasteiger partial charge in [0.2, 0.25) is 0 Å². The number of hydrogen-bond acceptors (Lipinski definition) is 6. The Morgan fingerprint density at radius 2 is 1.77 bits per heavy atom. The minimum absolute atomic E-state index is 0.460. The van der Waals surface area contributed by atoms with Gasteiger partial charge in [0.15, 0.2) is 0 Å². The summed E-state index contributed by atoms with van der Waals surface area (Å²) in [5, 5.41) is 10.5. The lowest BCUT2D eigenvalue weighted by Gasteiger charge is -2.34. The summed E-state index contributed by atoms with van der Waals surface area (Å²) >= 11 is 1.95. The molecule has 3 aromatic heterocycles. The van der Waals surface area contributed by atoms with Crippen molar-refractivity contribution >= 4 is 27.4 Å². The molecule has 1 saturated heterocycles. The van der Waals surface area contributed by atoms with Crippen molar-refractivity contribution in [3.05, 3.63) is 27.9 Å². The van der Waals surface area contributed by atoms with E-state index in [1.165, 1.54) is 85.5 Å². The van der Waals surface area contributed by atoms with Gasteiger partial charge in [0, 0.05) is 42.8 Å². The van der Waals surface area contributed by atoms with E-state index in [-0.39, 0.29) is 0 Å². The monoisotopic (exact) mass is 420 g/mol. The molecule has 0 radical (unpaired) electrons. The maximum atomic E-state index is 5.23. The molecule has 5 heterocycles. The van der Waals surface area contributed by atoms with E-state index < -0.39 is 0 Å². The smallest absolute Gasteiger partial charge is 0.141 e. The van der Waals surface area contributed by atoms with Gasteiger partial charge in [-0.1, -0.05) is 0 Å². The molecule has 0 spiro atoms. The van der Waals surface area contributed by atoms with Crippen molar-refractivity contribution in [1.29, 1.82) is 0 Å². The molecule has 7 rings (SSSR count). The molecule has 0 amide bonds. The van der Waals surface area contributed by atoms with E-state index in [0.29, 0.717) is 11.8 Å². The summed E-state index contributed by atoms with van der Waals surface area (Å²) in [6.45, 7) is 3.20. The topological polar surface area (TPSA) is 59.7 Å². The number of fused-ring (bicyclic) bond motifs is 4. The summed E-state index contributed by atoms with van der Waals surface area (Å²) in [5.41, 5.74) is 1.56. The number of thiophene rings is 1. The van der Waals surface area contributed by atoms with Crippen molar-refractivity contribution in [3.63, 3.8) is 0 Å². The molecule has 1 saturated carbocycles. The second-order valence-electron chi connectivity index (χ2n) is 9.59. The normalized spacial score (nSPS) is 23.7. The van der Waals surface area contributed by atoms with E-state index in [9.17, 15) is 0 Å². The van der Waals surface area contributed by atoms with Crippen molar-refractivity contribution in [2.75, 3.05) is 18.0 Å². The number of anilines is 1. The Bertz CT molecular complexity index is 1130. The van der Waals surface area contributed by atoms with Crippen molar-refractivity contribution < 1.29 is 0 Å². The Labute approximate surface area is 180 Å². The van der Waals surface area contributed by atoms with E-state index >= 15 is 0 Å². The highest BCUT2D eigenvalue weighted by Crippen LogP contribution is 2.45. The summed E-state index contributed by atoms with van der Waals surface area (Å²) < 4.78 is 2.39. The molecule has 4 aliphatic rings. The van der Waals surface area contributed by atoms with Gasteiger partial charge in [-0.05, 0) is 63.4 Å². The van der Waals surface area contributed by atoms with Gasteiger partial charge in [-0.2, -0.15) is 0 Å². The summed E-state index contributed by atoms with van der Waals surface area (Å²) in [5.74, 6) is 5.78. The number of nitrogens with zero attached hydrogens (tertiary/aromatic N) is 6. The van der Waals surface area contributed by atoms with E-state index in [0.717, 1.165) is 31.9 Å². The highest BCUT2D eigenvalue weighted by atomic mass is 32.1. The first kappa shape index (κ1) is 17.6. The minimum Gasteiger partial charge on any atom is -0.355 e. The first-order valence-electron chi connectivity index (χ1n) is 11.8. The predicted octanol–water partition coefficient (Wildman–Crippen LogP) is 4.37. The fourth-order valence-corrected chi connectivity index (χ4v) is 7.03. The largest absolute Gasteiger partial charge is 0.355 e. The molecule has 0 aromatic carbocycles. The Balaban J connectivity index is 1.31. The molecular formula is C23H28N6S. The Morgan fingerprint density at radius 1 is 0.833 bits per heavy atom. The zero-order valence-corrected chi connectivity index (χ0v) is 18.3. The Hall–Kier alpha value is -2.02. The zero-order valence-electron chi connectivity index (χ0n) is 17.4. The number of hydrogen-bond donors (Lipinski definition) is 0. The van der Waals surface area contributed by atoms with Gasteiger partial charge in [-0.15, -0.1) is 21.5 Å². The molecule has 2 fully saturated rings. The fraction of sp³-hybridized carbons (Fsp3) is 0.652. The average Bonchev–Trinajstić information content (AvgIpc) is 3.22. The maximum absolute atomic E-state index is 5.23. The van der Waals surface area contributed by atoms with Crippen LogP contribution in [0.5, 0.6) is 0 Å². The highest BCUT2D eigenvalue weighted by Gasteiger charge is 2.33. The lowest BCUT2D eigenvalue weighted by atomic mass is 9.95. The summed E-state index contributed by atoms with van der Waals surface area (Å²) in [6, 6.07) is 0. The molecular weight excluding hydrogens is 392 g/mol. The second-order valence-corrected chi connectivity index (χ2v) is 10.7. The van der Waals surface area contributed by atoms with Crippen LogP contribution in [0.4, 0.5) is 5.82 Å². The molecule has 2 aliphatic carbocycles. The molecule has 2 aliphatic heterocycles. The lowest BCUT2D eigenvalue weighted by Crippen LogP contribution is -2.36. The third-order valence-corrected chi connectivity index (χ3v) is 8.67. The van der Waals surface area contributed by atoms with Gasteiger partial charge < -0.3 is 9.47 Å². The average molecular weight is 421 g/mol. The van der Waals surface area contributed by atoms with Crippen LogP contribution in [0.1, 0.15) is 84.7 Å². The van der Waals surface area contributed by atoms with Crippen LogP contribution in [-0.2, 0) is 25.8 Å². The van der Waals surface area contributed by atoms with Gasteiger partial charge >= 0.3 is 0 Å². The van der Waals surface area contributed by atoms with E-state index in [2.05, 4.69) is 19.7 Å². The lowest BCUT2D eigenvalue weighted by molar-refractivity contribution is 0.471. The molecule has 6 nitrogen and oxygen atoms in total. The quantitative estimate of drug-likeness (QED) is 0.630. The molecule has 156 valence electrons. The first-order chi connectivity index (χ1) is 14.8. The third-order valence-electron chi connectivity index (χ3n) is 7.48. The number of rotatable bonds is 3. The van der Waals surface area contributed by atoms with Gasteiger partial charge in [-0.3, -0.25) is 0 Å². The van der Waals surface area contributed by atoms with Crippen LogP contribution in [0.2, 0.25) is 0 Å².